The van der Waals surface area contributed by atoms with Crippen molar-refractivity contribution < 1.29 is 13.2 Å². The van der Waals surface area contributed by atoms with E-state index in [9.17, 15) is 13.2 Å². The third-order valence-electron chi connectivity index (χ3n) is 2.36. The van der Waals surface area contributed by atoms with Crippen LogP contribution < -0.4 is 5.32 Å². The molecule has 0 saturated heterocycles. The fraction of sp³-hybridized carbons (Fsp3) is 0.273. The van der Waals surface area contributed by atoms with Gasteiger partial charge in [0.1, 0.15) is 0 Å². The number of nitrogens with zero attached hydrogens (tertiary/aromatic N) is 3. The Labute approximate surface area is 101 Å². The molecule has 7 heteroatoms. The highest BCUT2D eigenvalue weighted by Gasteiger charge is 2.32. The van der Waals surface area contributed by atoms with Gasteiger partial charge in [-0.15, -0.1) is 0 Å². The van der Waals surface area contributed by atoms with Crippen LogP contribution >= 0.6 is 0 Å². The Morgan fingerprint density at radius 1 is 1.39 bits per heavy atom. The Kier molecular flexibility index (Phi) is 3.33. The number of rotatable bonds is 3. The van der Waals surface area contributed by atoms with Crippen LogP contribution in [0.4, 0.5) is 13.2 Å². The van der Waals surface area contributed by atoms with Gasteiger partial charge in [0.25, 0.3) is 0 Å². The third-order valence-corrected chi connectivity index (χ3v) is 2.36. The summed E-state index contributed by atoms with van der Waals surface area (Å²) in [5.74, 6) is 0.391. The van der Waals surface area contributed by atoms with Gasteiger partial charge >= 0.3 is 6.18 Å². The number of pyridine rings is 1. The van der Waals surface area contributed by atoms with Crippen molar-refractivity contribution in [2.75, 3.05) is 7.05 Å². The zero-order valence-electron chi connectivity index (χ0n) is 9.57. The van der Waals surface area contributed by atoms with E-state index in [1.165, 1.54) is 6.20 Å². The van der Waals surface area contributed by atoms with Crippen LogP contribution in [-0.4, -0.2) is 21.8 Å². The zero-order chi connectivity index (χ0) is 13.2. The summed E-state index contributed by atoms with van der Waals surface area (Å²) in [6.07, 6.45) is -1.15. The van der Waals surface area contributed by atoms with Crippen molar-refractivity contribution in [3.8, 4) is 5.82 Å². The Bertz CT molecular complexity index is 533. The summed E-state index contributed by atoms with van der Waals surface area (Å²) in [6, 6.07) is 3.51. The van der Waals surface area contributed by atoms with Gasteiger partial charge in [0.05, 0.1) is 11.8 Å². The minimum Gasteiger partial charge on any atom is -0.316 e. The monoisotopic (exact) mass is 256 g/mol. The Morgan fingerprint density at radius 3 is 2.78 bits per heavy atom. The molecule has 2 aromatic heterocycles. The molecule has 0 spiro atoms. The highest BCUT2D eigenvalue weighted by Crippen LogP contribution is 2.29. The number of aromatic nitrogens is 3. The molecule has 0 aliphatic carbocycles. The molecule has 18 heavy (non-hydrogen) atoms. The Hall–Kier alpha value is -1.89. The molecule has 0 saturated carbocycles. The normalized spacial score (nSPS) is 11.8. The van der Waals surface area contributed by atoms with Crippen LogP contribution in [0.2, 0.25) is 0 Å². The minimum absolute atomic E-state index is 0.391. The molecule has 96 valence electrons. The second-order valence-electron chi connectivity index (χ2n) is 3.69. The van der Waals surface area contributed by atoms with Crippen molar-refractivity contribution in [1.82, 2.24) is 20.1 Å². The van der Waals surface area contributed by atoms with Crippen molar-refractivity contribution in [3.05, 3.63) is 41.9 Å². The lowest BCUT2D eigenvalue weighted by Gasteiger charge is -2.07. The smallest absolute Gasteiger partial charge is 0.316 e. The molecule has 2 aromatic rings. The number of hydrogen-bond acceptors (Lipinski definition) is 3. The van der Waals surface area contributed by atoms with Crippen molar-refractivity contribution in [3.63, 3.8) is 0 Å². The maximum Gasteiger partial charge on any atom is 0.419 e. The van der Waals surface area contributed by atoms with Crippen LogP contribution in [0.3, 0.4) is 0 Å². The van der Waals surface area contributed by atoms with Gasteiger partial charge in [-0.1, -0.05) is 6.07 Å². The van der Waals surface area contributed by atoms with Crippen LogP contribution in [0, 0.1) is 0 Å². The van der Waals surface area contributed by atoms with Crippen LogP contribution in [0.15, 0.2) is 30.7 Å². The fourth-order valence-corrected chi connectivity index (χ4v) is 1.55. The van der Waals surface area contributed by atoms with Crippen LogP contribution in [0.5, 0.6) is 0 Å². The van der Waals surface area contributed by atoms with E-state index < -0.39 is 11.7 Å². The van der Waals surface area contributed by atoms with Gasteiger partial charge in [-0.3, -0.25) is 0 Å². The molecular weight excluding hydrogens is 245 g/mol. The summed E-state index contributed by atoms with van der Waals surface area (Å²) < 4.78 is 38.6. The molecule has 1 N–H and O–H groups in total. The largest absolute Gasteiger partial charge is 0.419 e. The lowest BCUT2D eigenvalue weighted by Crippen LogP contribution is -2.10. The van der Waals surface area contributed by atoms with Crippen LogP contribution in [-0.2, 0) is 12.7 Å². The predicted octanol–water partition coefficient (Wildman–Crippen LogP) is 2.01. The number of nitrogens with one attached hydrogen (secondary N) is 1. The lowest BCUT2D eigenvalue weighted by atomic mass is 10.2. The summed E-state index contributed by atoms with van der Waals surface area (Å²) in [6.45, 7) is 0.504. The SMILES string of the molecule is CNCc1cccnc1-n1cc(C(F)(F)F)cn1. The molecule has 0 radical (unpaired) electrons. The van der Waals surface area contributed by atoms with Gasteiger partial charge in [0.2, 0.25) is 0 Å². The average molecular weight is 256 g/mol. The van der Waals surface area contributed by atoms with Crippen molar-refractivity contribution in [2.24, 2.45) is 0 Å². The second kappa shape index (κ2) is 4.77. The maximum atomic E-state index is 12.5. The van der Waals surface area contributed by atoms with Gasteiger partial charge < -0.3 is 5.32 Å². The van der Waals surface area contributed by atoms with Crippen LogP contribution in [0.25, 0.3) is 5.82 Å². The first-order valence-electron chi connectivity index (χ1n) is 5.23. The third kappa shape index (κ3) is 2.51. The molecule has 0 aliphatic heterocycles. The van der Waals surface area contributed by atoms with Crippen molar-refractivity contribution in [2.45, 2.75) is 12.7 Å². The first kappa shape index (κ1) is 12.6. The number of hydrogen-bond donors (Lipinski definition) is 1. The quantitative estimate of drug-likeness (QED) is 0.913. The molecule has 0 atom stereocenters. The maximum absolute atomic E-state index is 12.5. The highest BCUT2D eigenvalue weighted by molar-refractivity contribution is 5.33. The lowest BCUT2D eigenvalue weighted by molar-refractivity contribution is -0.137. The van der Waals surface area contributed by atoms with Crippen LogP contribution in [0.1, 0.15) is 11.1 Å². The van der Waals surface area contributed by atoms with E-state index in [0.717, 1.165) is 22.6 Å². The molecule has 0 unspecified atom stereocenters. The van der Waals surface area contributed by atoms with Crippen molar-refractivity contribution in [1.29, 1.82) is 0 Å². The first-order valence-corrected chi connectivity index (χ1v) is 5.23. The molecular formula is C11H11F3N4. The van der Waals surface area contributed by atoms with Gasteiger partial charge in [0.15, 0.2) is 5.82 Å². The van der Waals surface area contributed by atoms with E-state index in [2.05, 4.69) is 15.4 Å². The molecule has 2 heterocycles. The Morgan fingerprint density at radius 2 is 2.17 bits per heavy atom. The van der Waals surface area contributed by atoms with E-state index in [1.807, 2.05) is 0 Å². The fourth-order valence-electron chi connectivity index (χ4n) is 1.55. The van der Waals surface area contributed by atoms with E-state index >= 15 is 0 Å². The van der Waals surface area contributed by atoms with Gasteiger partial charge in [-0.2, -0.15) is 18.3 Å². The Balaban J connectivity index is 2.40. The molecule has 0 amide bonds. The van der Waals surface area contributed by atoms with E-state index in [-0.39, 0.29) is 0 Å². The summed E-state index contributed by atoms with van der Waals surface area (Å²) >= 11 is 0. The summed E-state index contributed by atoms with van der Waals surface area (Å²) in [7, 11) is 1.75. The topological polar surface area (TPSA) is 42.7 Å². The predicted molar refractivity (Wildman–Crippen MR) is 59.1 cm³/mol. The summed E-state index contributed by atoms with van der Waals surface area (Å²) in [4.78, 5) is 4.06. The molecule has 2 rings (SSSR count). The standard InChI is InChI=1S/C11H11F3N4/c1-15-5-8-3-2-4-16-10(8)18-7-9(6-17-18)11(12,13)14/h2-4,6-7,15H,5H2,1H3. The zero-order valence-corrected chi connectivity index (χ0v) is 9.57. The van der Waals surface area contributed by atoms with Gasteiger partial charge in [-0.25, -0.2) is 9.67 Å². The minimum atomic E-state index is -4.39. The van der Waals surface area contributed by atoms with Gasteiger partial charge in [0, 0.05) is 24.5 Å². The number of alkyl halides is 3. The summed E-state index contributed by atoms with van der Waals surface area (Å²) in [5.41, 5.74) is -0.0135. The first-order chi connectivity index (χ1) is 8.52. The van der Waals surface area contributed by atoms with Gasteiger partial charge in [-0.05, 0) is 13.1 Å². The molecule has 0 aliphatic rings. The highest BCUT2D eigenvalue weighted by atomic mass is 19.4. The van der Waals surface area contributed by atoms with Crippen molar-refractivity contribution >= 4 is 0 Å². The second-order valence-corrected chi connectivity index (χ2v) is 3.69. The molecule has 0 fully saturated rings. The van der Waals surface area contributed by atoms with E-state index in [1.54, 1.807) is 19.2 Å². The molecule has 4 nitrogen and oxygen atoms in total. The molecule has 0 aromatic carbocycles. The van der Waals surface area contributed by atoms with E-state index in [0.29, 0.717) is 12.4 Å². The average Bonchev–Trinajstić information content (AvgIpc) is 2.79. The number of halogens is 3. The molecule has 0 bridgehead atoms. The van der Waals surface area contributed by atoms with E-state index in [4.69, 9.17) is 0 Å². The summed E-state index contributed by atoms with van der Waals surface area (Å²) in [5, 5.41) is 6.63.